The van der Waals surface area contributed by atoms with E-state index in [-0.39, 0.29) is 13.0 Å². The molecule has 8 heteroatoms. The maximum absolute atomic E-state index is 12.8. The number of hydrogen-bond donors (Lipinski definition) is 4. The van der Waals surface area contributed by atoms with Crippen LogP contribution in [0.3, 0.4) is 0 Å². The Balaban J connectivity index is 1.75. The van der Waals surface area contributed by atoms with Crippen molar-refractivity contribution in [2.45, 2.75) is 31.5 Å². The number of aliphatic carboxylic acids is 1. The lowest BCUT2D eigenvalue weighted by atomic mass is 10.0. The largest absolute Gasteiger partial charge is 0.481 e. The number of rotatable bonds is 9. The number of amides is 1. The molecule has 2 aromatic carbocycles. The molecular formula is C22H23N3O5. The van der Waals surface area contributed by atoms with E-state index < -0.39 is 36.4 Å². The van der Waals surface area contributed by atoms with Gasteiger partial charge >= 0.3 is 11.9 Å². The summed E-state index contributed by atoms with van der Waals surface area (Å²) >= 11 is 0. The molecule has 0 aliphatic rings. The number of para-hydroxylation sites is 1. The number of carbonyl (C=O) groups is 3. The van der Waals surface area contributed by atoms with Gasteiger partial charge in [-0.3, -0.25) is 9.59 Å². The van der Waals surface area contributed by atoms with Crippen LogP contribution in [0.15, 0.2) is 60.8 Å². The van der Waals surface area contributed by atoms with Crippen molar-refractivity contribution in [2.75, 3.05) is 0 Å². The van der Waals surface area contributed by atoms with Crippen LogP contribution in [0, 0.1) is 0 Å². The molecule has 156 valence electrons. The predicted octanol–water partition coefficient (Wildman–Crippen LogP) is 1.74. The van der Waals surface area contributed by atoms with Crippen LogP contribution >= 0.6 is 0 Å². The molecule has 0 radical (unpaired) electrons. The van der Waals surface area contributed by atoms with Gasteiger partial charge in [0, 0.05) is 23.5 Å². The van der Waals surface area contributed by atoms with E-state index >= 15 is 0 Å². The third-order valence-corrected chi connectivity index (χ3v) is 4.66. The topological polar surface area (TPSA) is 135 Å². The highest BCUT2D eigenvalue weighted by atomic mass is 16.5. The molecule has 2 unspecified atom stereocenters. The van der Waals surface area contributed by atoms with E-state index in [4.69, 9.17) is 15.6 Å². The summed E-state index contributed by atoms with van der Waals surface area (Å²) < 4.78 is 5.39. The molecule has 0 saturated heterocycles. The highest BCUT2D eigenvalue weighted by Crippen LogP contribution is 2.19. The predicted molar refractivity (Wildman–Crippen MR) is 110 cm³/mol. The Bertz CT molecular complexity index is 1030. The number of nitrogens with two attached hydrogens (primary N) is 1. The van der Waals surface area contributed by atoms with Crippen LogP contribution in [-0.2, 0) is 32.1 Å². The smallest absolute Gasteiger partial charge is 0.329 e. The van der Waals surface area contributed by atoms with E-state index in [2.05, 4.69) is 10.3 Å². The minimum atomic E-state index is -1.27. The number of carboxylic acids is 1. The van der Waals surface area contributed by atoms with Crippen LogP contribution in [0.5, 0.6) is 0 Å². The van der Waals surface area contributed by atoms with Crippen molar-refractivity contribution >= 4 is 28.7 Å². The summed E-state index contributed by atoms with van der Waals surface area (Å²) in [6.07, 6.45) is 1.40. The Labute approximate surface area is 173 Å². The molecule has 5 N–H and O–H groups in total. The lowest BCUT2D eigenvalue weighted by molar-refractivity contribution is -0.149. The average molecular weight is 409 g/mol. The maximum Gasteiger partial charge on any atom is 0.329 e. The van der Waals surface area contributed by atoms with Crippen LogP contribution in [0.25, 0.3) is 10.9 Å². The van der Waals surface area contributed by atoms with Crippen LogP contribution in [0.1, 0.15) is 17.5 Å². The van der Waals surface area contributed by atoms with Crippen LogP contribution in [0.2, 0.25) is 0 Å². The van der Waals surface area contributed by atoms with Crippen molar-refractivity contribution in [3.63, 3.8) is 0 Å². The lowest BCUT2D eigenvalue weighted by Crippen LogP contribution is -2.50. The number of esters is 1. The molecule has 30 heavy (non-hydrogen) atoms. The van der Waals surface area contributed by atoms with E-state index in [1.54, 1.807) is 6.20 Å². The van der Waals surface area contributed by atoms with Crippen molar-refractivity contribution in [1.29, 1.82) is 0 Å². The standard InChI is InChI=1S/C22H23N3O5/c23-17(11-20(26)27)21(28)25-19(22(29)30-13-14-6-2-1-3-7-14)10-15-12-24-18-9-5-4-8-16(15)18/h1-9,12,17,19,24H,10-11,13,23H2,(H,25,28)(H,26,27). The molecular weight excluding hydrogens is 386 g/mol. The molecule has 1 heterocycles. The SMILES string of the molecule is NC(CC(=O)O)C(=O)NC(Cc1c[nH]c2ccccc12)C(=O)OCc1ccccc1. The first kappa shape index (κ1) is 21.1. The molecule has 0 spiro atoms. The van der Waals surface area contributed by atoms with Gasteiger partial charge in [-0.25, -0.2) is 4.79 Å². The van der Waals surface area contributed by atoms with Gasteiger partial charge in [0.15, 0.2) is 0 Å². The third kappa shape index (κ3) is 5.45. The van der Waals surface area contributed by atoms with Crippen LogP contribution < -0.4 is 11.1 Å². The molecule has 0 fully saturated rings. The fourth-order valence-electron chi connectivity index (χ4n) is 3.10. The second kappa shape index (κ2) is 9.71. The van der Waals surface area contributed by atoms with Gasteiger partial charge in [-0.15, -0.1) is 0 Å². The van der Waals surface area contributed by atoms with Gasteiger partial charge in [0.1, 0.15) is 12.6 Å². The fourth-order valence-corrected chi connectivity index (χ4v) is 3.10. The van der Waals surface area contributed by atoms with Crippen molar-refractivity contribution < 1.29 is 24.2 Å². The first-order chi connectivity index (χ1) is 14.4. The number of carbonyl (C=O) groups excluding carboxylic acids is 2. The van der Waals surface area contributed by atoms with Gasteiger partial charge in [-0.1, -0.05) is 48.5 Å². The van der Waals surface area contributed by atoms with Crippen LogP contribution in [0.4, 0.5) is 0 Å². The molecule has 0 saturated carbocycles. The number of carboxylic acid groups (broad SMARTS) is 1. The number of aromatic nitrogens is 1. The lowest BCUT2D eigenvalue weighted by Gasteiger charge is -2.19. The highest BCUT2D eigenvalue weighted by Gasteiger charge is 2.27. The second-order valence-electron chi connectivity index (χ2n) is 6.92. The molecule has 0 aliphatic heterocycles. The first-order valence-electron chi connectivity index (χ1n) is 9.47. The zero-order valence-corrected chi connectivity index (χ0v) is 16.2. The molecule has 1 aromatic heterocycles. The van der Waals surface area contributed by atoms with E-state index in [0.29, 0.717) is 0 Å². The molecule has 3 aromatic rings. The minimum Gasteiger partial charge on any atom is -0.481 e. The van der Waals surface area contributed by atoms with Crippen molar-refractivity contribution in [3.8, 4) is 0 Å². The van der Waals surface area contributed by atoms with Gasteiger partial charge in [-0.2, -0.15) is 0 Å². The van der Waals surface area contributed by atoms with E-state index in [1.165, 1.54) is 0 Å². The number of hydrogen-bond acceptors (Lipinski definition) is 5. The van der Waals surface area contributed by atoms with Gasteiger partial charge in [0.05, 0.1) is 12.5 Å². The fraction of sp³-hybridized carbons (Fsp3) is 0.227. The zero-order chi connectivity index (χ0) is 21.5. The maximum atomic E-state index is 12.8. The number of H-pyrrole nitrogens is 1. The Hall–Kier alpha value is -3.65. The highest BCUT2D eigenvalue weighted by molar-refractivity contribution is 5.90. The second-order valence-corrected chi connectivity index (χ2v) is 6.92. The minimum absolute atomic E-state index is 0.0567. The molecule has 0 aliphatic carbocycles. The van der Waals surface area contributed by atoms with E-state index in [0.717, 1.165) is 22.0 Å². The molecule has 0 bridgehead atoms. The number of aromatic amines is 1. The summed E-state index contributed by atoms with van der Waals surface area (Å²) in [4.78, 5) is 39.1. The molecule has 2 atom stereocenters. The molecule has 1 amide bonds. The normalized spacial score (nSPS) is 12.8. The third-order valence-electron chi connectivity index (χ3n) is 4.66. The Morgan fingerprint density at radius 2 is 1.77 bits per heavy atom. The molecule has 3 rings (SSSR count). The first-order valence-corrected chi connectivity index (χ1v) is 9.47. The summed E-state index contributed by atoms with van der Waals surface area (Å²) in [7, 11) is 0. The Morgan fingerprint density at radius 1 is 1.07 bits per heavy atom. The summed E-state index contributed by atoms with van der Waals surface area (Å²) in [5, 5.41) is 12.3. The summed E-state index contributed by atoms with van der Waals surface area (Å²) in [5.41, 5.74) is 8.17. The van der Waals surface area contributed by atoms with Gasteiger partial charge in [-0.05, 0) is 17.2 Å². The van der Waals surface area contributed by atoms with Crippen molar-refractivity contribution in [2.24, 2.45) is 5.73 Å². The average Bonchev–Trinajstić information content (AvgIpc) is 3.14. The monoisotopic (exact) mass is 409 g/mol. The summed E-state index contributed by atoms with van der Waals surface area (Å²) in [5.74, 6) is -2.55. The zero-order valence-electron chi connectivity index (χ0n) is 16.2. The van der Waals surface area contributed by atoms with Gasteiger partial charge in [0.2, 0.25) is 5.91 Å². The van der Waals surface area contributed by atoms with E-state index in [1.807, 2.05) is 54.6 Å². The molecule has 8 nitrogen and oxygen atoms in total. The van der Waals surface area contributed by atoms with Crippen molar-refractivity contribution in [1.82, 2.24) is 10.3 Å². The number of benzene rings is 2. The number of nitrogens with one attached hydrogen (secondary N) is 2. The van der Waals surface area contributed by atoms with Gasteiger partial charge < -0.3 is 25.9 Å². The summed E-state index contributed by atoms with van der Waals surface area (Å²) in [6.45, 7) is 0.0567. The quantitative estimate of drug-likeness (QED) is 0.398. The van der Waals surface area contributed by atoms with Crippen molar-refractivity contribution in [3.05, 3.63) is 71.9 Å². The Kier molecular flexibility index (Phi) is 6.82. The number of ether oxygens (including phenoxy) is 1. The Morgan fingerprint density at radius 3 is 2.50 bits per heavy atom. The van der Waals surface area contributed by atoms with E-state index in [9.17, 15) is 14.4 Å². The summed E-state index contributed by atoms with van der Waals surface area (Å²) in [6, 6.07) is 14.5. The van der Waals surface area contributed by atoms with Gasteiger partial charge in [0.25, 0.3) is 0 Å². The van der Waals surface area contributed by atoms with Crippen LogP contribution in [-0.4, -0.2) is 40.0 Å². The number of fused-ring (bicyclic) bond motifs is 1.